The smallest absolute Gasteiger partial charge is 0.326 e. The lowest BCUT2D eigenvalue weighted by Gasteiger charge is -2.01. The van der Waals surface area contributed by atoms with E-state index in [4.69, 9.17) is 22.4 Å². The predicted molar refractivity (Wildman–Crippen MR) is 57.9 cm³/mol. The molecule has 0 spiro atoms. The van der Waals surface area contributed by atoms with Crippen molar-refractivity contribution in [3.63, 3.8) is 0 Å². The number of nitrogens with one attached hydrogen (secondary N) is 1. The summed E-state index contributed by atoms with van der Waals surface area (Å²) in [6.45, 7) is 0. The first-order valence-electron chi connectivity index (χ1n) is 4.34. The number of aromatic nitrogens is 1. The molecule has 0 saturated carbocycles. The van der Waals surface area contributed by atoms with Crippen LogP contribution in [0.5, 0.6) is 0 Å². The third-order valence-electron chi connectivity index (χ3n) is 2.20. The Morgan fingerprint density at radius 2 is 2.20 bits per heavy atom. The van der Waals surface area contributed by atoms with Crippen molar-refractivity contribution in [3.05, 3.63) is 35.0 Å². The summed E-state index contributed by atoms with van der Waals surface area (Å²) in [5, 5.41) is 10.2. The molecule has 0 amide bonds. The van der Waals surface area contributed by atoms with E-state index in [1.54, 1.807) is 24.3 Å². The van der Waals surface area contributed by atoms with E-state index < -0.39 is 12.0 Å². The number of halogens is 1. The zero-order valence-corrected chi connectivity index (χ0v) is 8.45. The Kier molecular flexibility index (Phi) is 2.38. The zero-order valence-electron chi connectivity index (χ0n) is 7.70. The summed E-state index contributed by atoms with van der Waals surface area (Å²) in [4.78, 5) is 13.6. The molecule has 0 fully saturated rings. The Balaban J connectivity index is 2.51. The van der Waals surface area contributed by atoms with Crippen LogP contribution in [0.1, 0.15) is 11.7 Å². The second-order valence-corrected chi connectivity index (χ2v) is 3.71. The molecule has 5 heteroatoms. The third-order valence-corrected chi connectivity index (χ3v) is 2.44. The first kappa shape index (κ1) is 10.0. The Morgan fingerprint density at radius 3 is 2.87 bits per heavy atom. The number of carboxylic acids is 1. The Hall–Kier alpha value is -1.52. The van der Waals surface area contributed by atoms with Crippen LogP contribution in [0.15, 0.2) is 24.3 Å². The molecule has 2 aromatic rings. The maximum absolute atomic E-state index is 10.7. The molecule has 15 heavy (non-hydrogen) atoms. The fourth-order valence-corrected chi connectivity index (χ4v) is 1.61. The monoisotopic (exact) mass is 224 g/mol. The molecule has 0 bridgehead atoms. The van der Waals surface area contributed by atoms with Crippen molar-refractivity contribution in [1.29, 1.82) is 0 Å². The van der Waals surface area contributed by atoms with E-state index in [1.807, 2.05) is 0 Å². The van der Waals surface area contributed by atoms with Crippen LogP contribution in [0.4, 0.5) is 0 Å². The summed E-state index contributed by atoms with van der Waals surface area (Å²) in [6.07, 6.45) is 0. The van der Waals surface area contributed by atoms with E-state index in [-0.39, 0.29) is 0 Å². The van der Waals surface area contributed by atoms with Crippen LogP contribution in [-0.4, -0.2) is 16.1 Å². The van der Waals surface area contributed by atoms with Crippen molar-refractivity contribution in [3.8, 4) is 0 Å². The van der Waals surface area contributed by atoms with Gasteiger partial charge in [-0.05, 0) is 24.3 Å². The summed E-state index contributed by atoms with van der Waals surface area (Å²) in [6, 6.07) is 5.94. The van der Waals surface area contributed by atoms with E-state index in [9.17, 15) is 4.79 Å². The van der Waals surface area contributed by atoms with Crippen molar-refractivity contribution in [2.75, 3.05) is 0 Å². The summed E-state index contributed by atoms with van der Waals surface area (Å²) in [5.74, 6) is -1.06. The molecule has 1 atom stereocenters. The van der Waals surface area contributed by atoms with Crippen LogP contribution >= 0.6 is 11.6 Å². The van der Waals surface area contributed by atoms with Gasteiger partial charge in [-0.25, -0.2) is 0 Å². The normalized spacial score (nSPS) is 12.9. The largest absolute Gasteiger partial charge is 0.480 e. The van der Waals surface area contributed by atoms with Crippen molar-refractivity contribution in [1.82, 2.24) is 4.98 Å². The van der Waals surface area contributed by atoms with Gasteiger partial charge in [0.2, 0.25) is 0 Å². The average molecular weight is 225 g/mol. The quantitative estimate of drug-likeness (QED) is 0.729. The number of hydrogen-bond acceptors (Lipinski definition) is 2. The van der Waals surface area contributed by atoms with Crippen LogP contribution in [0.25, 0.3) is 10.9 Å². The van der Waals surface area contributed by atoms with Crippen LogP contribution in [0, 0.1) is 0 Å². The lowest BCUT2D eigenvalue weighted by molar-refractivity contribution is -0.138. The highest BCUT2D eigenvalue weighted by molar-refractivity contribution is 6.31. The standard InChI is InChI=1S/C10H9ClN2O2/c11-6-1-2-7-5(3-6)4-8(13-7)9(12)10(14)15/h1-4,9,13H,12H2,(H,14,15). The number of H-pyrrole nitrogens is 1. The molecule has 0 aliphatic heterocycles. The van der Waals surface area contributed by atoms with Crippen LogP contribution in [0.3, 0.4) is 0 Å². The minimum atomic E-state index is -1.06. The number of aliphatic carboxylic acids is 1. The molecule has 2 rings (SSSR count). The van der Waals surface area contributed by atoms with Crippen molar-refractivity contribution >= 4 is 28.5 Å². The summed E-state index contributed by atoms with van der Waals surface area (Å²) in [5.41, 5.74) is 6.77. The first-order valence-corrected chi connectivity index (χ1v) is 4.72. The molecule has 78 valence electrons. The second kappa shape index (κ2) is 3.56. The number of aromatic amines is 1. The van der Waals surface area contributed by atoms with Crippen LogP contribution in [-0.2, 0) is 4.79 Å². The van der Waals surface area contributed by atoms with Gasteiger partial charge in [0, 0.05) is 21.6 Å². The highest BCUT2D eigenvalue weighted by atomic mass is 35.5. The molecule has 1 aromatic carbocycles. The van der Waals surface area contributed by atoms with Crippen molar-refractivity contribution in [2.45, 2.75) is 6.04 Å². The Bertz CT molecular complexity index is 521. The molecule has 0 radical (unpaired) electrons. The number of fused-ring (bicyclic) bond motifs is 1. The first-order chi connectivity index (χ1) is 7.08. The zero-order chi connectivity index (χ0) is 11.0. The van der Waals surface area contributed by atoms with Gasteiger partial charge in [0.1, 0.15) is 6.04 Å². The van der Waals surface area contributed by atoms with Crippen molar-refractivity contribution < 1.29 is 9.90 Å². The molecular weight excluding hydrogens is 216 g/mol. The molecule has 0 aliphatic carbocycles. The van der Waals surface area contributed by atoms with E-state index in [1.165, 1.54) is 0 Å². The number of nitrogens with two attached hydrogens (primary N) is 1. The number of hydrogen-bond donors (Lipinski definition) is 3. The maximum Gasteiger partial charge on any atom is 0.326 e. The molecule has 0 aliphatic rings. The summed E-state index contributed by atoms with van der Waals surface area (Å²) < 4.78 is 0. The summed E-state index contributed by atoms with van der Waals surface area (Å²) >= 11 is 5.81. The molecule has 1 heterocycles. The van der Waals surface area contributed by atoms with Gasteiger partial charge in [0.15, 0.2) is 0 Å². The molecule has 1 aromatic heterocycles. The lowest BCUT2D eigenvalue weighted by Crippen LogP contribution is -2.20. The van der Waals surface area contributed by atoms with Gasteiger partial charge in [-0.15, -0.1) is 0 Å². The molecular formula is C10H9ClN2O2. The summed E-state index contributed by atoms with van der Waals surface area (Å²) in [7, 11) is 0. The highest BCUT2D eigenvalue weighted by Gasteiger charge is 2.16. The van der Waals surface area contributed by atoms with E-state index in [0.717, 1.165) is 10.9 Å². The van der Waals surface area contributed by atoms with Crippen LogP contribution in [0.2, 0.25) is 5.02 Å². The highest BCUT2D eigenvalue weighted by Crippen LogP contribution is 2.22. The Labute approximate surface area is 90.7 Å². The predicted octanol–water partition coefficient (Wildman–Crippen LogP) is 1.91. The fourth-order valence-electron chi connectivity index (χ4n) is 1.43. The molecule has 1 unspecified atom stereocenters. The van der Waals surface area contributed by atoms with Crippen LogP contribution < -0.4 is 5.73 Å². The van der Waals surface area contributed by atoms with Gasteiger partial charge < -0.3 is 15.8 Å². The number of carboxylic acid groups (broad SMARTS) is 1. The number of rotatable bonds is 2. The lowest BCUT2D eigenvalue weighted by atomic mass is 10.2. The SMILES string of the molecule is NC(C(=O)O)c1cc2cc(Cl)ccc2[nH]1. The van der Waals surface area contributed by atoms with Gasteiger partial charge in [0.25, 0.3) is 0 Å². The third kappa shape index (κ3) is 1.82. The second-order valence-electron chi connectivity index (χ2n) is 3.27. The number of benzene rings is 1. The average Bonchev–Trinajstić information content (AvgIpc) is 2.58. The molecule has 4 N–H and O–H groups in total. The van der Waals surface area contributed by atoms with Gasteiger partial charge in [-0.2, -0.15) is 0 Å². The Morgan fingerprint density at radius 1 is 1.47 bits per heavy atom. The van der Waals surface area contributed by atoms with Gasteiger partial charge in [-0.1, -0.05) is 11.6 Å². The minimum Gasteiger partial charge on any atom is -0.480 e. The van der Waals surface area contributed by atoms with Gasteiger partial charge in [0.05, 0.1) is 0 Å². The van der Waals surface area contributed by atoms with Gasteiger partial charge >= 0.3 is 5.97 Å². The minimum absolute atomic E-state index is 0.472. The molecule has 4 nitrogen and oxygen atoms in total. The van der Waals surface area contributed by atoms with E-state index in [0.29, 0.717) is 10.7 Å². The van der Waals surface area contributed by atoms with Gasteiger partial charge in [-0.3, -0.25) is 4.79 Å². The topological polar surface area (TPSA) is 79.1 Å². The maximum atomic E-state index is 10.7. The molecule has 0 saturated heterocycles. The van der Waals surface area contributed by atoms with E-state index in [2.05, 4.69) is 4.98 Å². The fraction of sp³-hybridized carbons (Fsp3) is 0.100. The van der Waals surface area contributed by atoms with E-state index >= 15 is 0 Å². The number of carbonyl (C=O) groups is 1. The van der Waals surface area contributed by atoms with Crippen molar-refractivity contribution in [2.24, 2.45) is 5.73 Å².